The highest BCUT2D eigenvalue weighted by molar-refractivity contribution is 6.32. The van der Waals surface area contributed by atoms with Crippen molar-refractivity contribution in [3.8, 4) is 5.75 Å². The summed E-state index contributed by atoms with van der Waals surface area (Å²) in [5.41, 5.74) is 4.47. The molecule has 0 spiro atoms. The van der Waals surface area contributed by atoms with Crippen LogP contribution in [0, 0.1) is 5.41 Å². The fourth-order valence-electron chi connectivity index (χ4n) is 6.12. The van der Waals surface area contributed by atoms with Gasteiger partial charge < -0.3 is 14.8 Å². The van der Waals surface area contributed by atoms with E-state index in [9.17, 15) is 9.59 Å². The lowest BCUT2D eigenvalue weighted by atomic mass is 9.81. The highest BCUT2D eigenvalue weighted by atomic mass is 16.5. The van der Waals surface area contributed by atoms with Crippen molar-refractivity contribution in [2.75, 3.05) is 31.5 Å². The molecule has 3 atom stereocenters. The summed E-state index contributed by atoms with van der Waals surface area (Å²) in [5.74, 6) is 0.160. The second-order valence-corrected chi connectivity index (χ2v) is 12.3. The van der Waals surface area contributed by atoms with E-state index < -0.39 is 0 Å². The van der Waals surface area contributed by atoms with Gasteiger partial charge in [-0.2, -0.15) is 0 Å². The maximum atomic E-state index is 13.9. The molecule has 2 aliphatic heterocycles. The van der Waals surface area contributed by atoms with E-state index in [4.69, 9.17) is 14.5 Å². The van der Waals surface area contributed by atoms with Crippen molar-refractivity contribution in [2.24, 2.45) is 10.4 Å². The fourth-order valence-corrected chi connectivity index (χ4v) is 6.12. The Morgan fingerprint density at radius 1 is 1.00 bits per heavy atom. The van der Waals surface area contributed by atoms with Crippen LogP contribution >= 0.6 is 0 Å². The van der Waals surface area contributed by atoms with Crippen LogP contribution in [0.25, 0.3) is 0 Å². The Kier molecular flexibility index (Phi) is 6.75. The summed E-state index contributed by atoms with van der Waals surface area (Å²) in [6.45, 7) is 14.1. The number of morpholine rings is 1. The molecular formula is C33H37N3O4. The molecule has 0 bridgehead atoms. The van der Waals surface area contributed by atoms with Gasteiger partial charge in [0.25, 0.3) is 0 Å². The predicted octanol–water partition coefficient (Wildman–Crippen LogP) is 5.75. The van der Waals surface area contributed by atoms with Crippen LogP contribution in [-0.4, -0.2) is 66.7 Å². The highest BCUT2D eigenvalue weighted by Crippen LogP contribution is 2.46. The van der Waals surface area contributed by atoms with Crippen LogP contribution in [0.15, 0.2) is 59.1 Å². The number of nitrogens with zero attached hydrogens (tertiary/aromatic N) is 2. The molecule has 1 N–H and O–H groups in total. The van der Waals surface area contributed by atoms with Crippen LogP contribution < -0.4 is 10.1 Å². The number of anilines is 1. The second kappa shape index (κ2) is 10.1. The zero-order chi connectivity index (χ0) is 28.2. The number of carbonyl (C=O) groups is 2. The van der Waals surface area contributed by atoms with Crippen molar-refractivity contribution in [3.05, 3.63) is 76.4 Å². The van der Waals surface area contributed by atoms with Crippen LogP contribution in [0.4, 0.5) is 11.4 Å². The van der Waals surface area contributed by atoms with Gasteiger partial charge in [-0.25, -0.2) is 4.99 Å². The van der Waals surface area contributed by atoms with E-state index in [1.807, 2.05) is 12.1 Å². The van der Waals surface area contributed by atoms with E-state index >= 15 is 0 Å². The lowest BCUT2D eigenvalue weighted by Crippen LogP contribution is -2.45. The van der Waals surface area contributed by atoms with Gasteiger partial charge in [-0.15, -0.1) is 0 Å². The second-order valence-electron chi connectivity index (χ2n) is 12.3. The molecule has 1 unspecified atom stereocenters. The third-order valence-electron chi connectivity index (χ3n) is 8.01. The minimum absolute atomic E-state index is 0.0313. The molecule has 208 valence electrons. The largest absolute Gasteiger partial charge is 0.478 e. The molecule has 7 nitrogen and oxygen atoms in total. The van der Waals surface area contributed by atoms with Gasteiger partial charge in [0.1, 0.15) is 11.4 Å². The highest BCUT2D eigenvalue weighted by Gasteiger charge is 2.38. The average molecular weight is 540 g/mol. The fraction of sp³-hybridized carbons (Fsp3) is 0.424. The first-order valence-corrected chi connectivity index (χ1v) is 14.3. The van der Waals surface area contributed by atoms with Gasteiger partial charge in [-0.3, -0.25) is 14.5 Å². The molecule has 2 aliphatic carbocycles. The van der Waals surface area contributed by atoms with Crippen molar-refractivity contribution in [1.29, 1.82) is 0 Å². The lowest BCUT2D eigenvalue weighted by molar-refractivity contribution is -0.0678. The number of fused-ring (bicyclic) bond motifs is 5. The SMILES string of the molecule is C[C@@H]1CN(CCCNc2cc3c(c4c2C(=O)c2ccccc2C4=O)N=C2C=CC(C(C)(C)C)=CC2O3)C[C@H](C)O1. The van der Waals surface area contributed by atoms with Crippen LogP contribution in [0.1, 0.15) is 72.9 Å². The molecule has 2 heterocycles. The molecule has 0 aromatic heterocycles. The monoisotopic (exact) mass is 539 g/mol. The molecular weight excluding hydrogens is 502 g/mol. The summed E-state index contributed by atoms with van der Waals surface area (Å²) in [4.78, 5) is 35.0. The average Bonchev–Trinajstić information content (AvgIpc) is 2.91. The molecule has 1 fully saturated rings. The van der Waals surface area contributed by atoms with E-state index in [0.717, 1.165) is 31.8 Å². The Balaban J connectivity index is 1.34. The van der Waals surface area contributed by atoms with Crippen LogP contribution in [0.2, 0.25) is 0 Å². The number of ketones is 2. The molecule has 6 rings (SSSR count). The Labute approximate surface area is 236 Å². The van der Waals surface area contributed by atoms with Crippen LogP contribution in [0.3, 0.4) is 0 Å². The van der Waals surface area contributed by atoms with Gasteiger partial charge in [-0.1, -0.05) is 51.1 Å². The zero-order valence-electron chi connectivity index (χ0n) is 23.9. The maximum Gasteiger partial charge on any atom is 0.196 e. The molecule has 0 radical (unpaired) electrons. The summed E-state index contributed by atoms with van der Waals surface area (Å²) in [7, 11) is 0. The molecule has 0 saturated carbocycles. The van der Waals surface area contributed by atoms with Crippen molar-refractivity contribution in [3.63, 3.8) is 0 Å². The van der Waals surface area contributed by atoms with Gasteiger partial charge in [0.2, 0.25) is 0 Å². The molecule has 2 aromatic carbocycles. The standard InChI is InChI=1S/C33H37N3O4/c1-19-17-36(18-20(2)39-19)14-8-13-34-25-16-27-30(35-24-12-11-21(33(3,4)5)15-26(24)40-27)29-28(25)31(37)22-9-6-7-10-23(22)32(29)38/h6-7,9-12,15-16,19-20,26,34H,8,13-14,17-18H2,1-5H3/t19-,20+,26?. The normalized spacial score (nSPS) is 23.8. The number of hydrogen-bond acceptors (Lipinski definition) is 7. The zero-order valence-corrected chi connectivity index (χ0v) is 23.9. The number of allylic oxidation sites excluding steroid dienone is 2. The van der Waals surface area contributed by atoms with Gasteiger partial charge >= 0.3 is 0 Å². The first kappa shape index (κ1) is 26.7. The van der Waals surface area contributed by atoms with Gasteiger partial charge in [0.05, 0.1) is 29.0 Å². The van der Waals surface area contributed by atoms with Crippen molar-refractivity contribution < 1.29 is 19.1 Å². The number of benzene rings is 2. The van der Waals surface area contributed by atoms with Gasteiger partial charge in [0, 0.05) is 49.1 Å². The first-order valence-electron chi connectivity index (χ1n) is 14.3. The Morgan fingerprint density at radius 3 is 2.35 bits per heavy atom. The van der Waals surface area contributed by atoms with E-state index in [1.165, 1.54) is 5.57 Å². The van der Waals surface area contributed by atoms with Crippen molar-refractivity contribution >= 4 is 28.7 Å². The lowest BCUT2D eigenvalue weighted by Gasteiger charge is -2.35. The summed E-state index contributed by atoms with van der Waals surface area (Å²) in [6.07, 6.45) is 7.10. The molecule has 1 saturated heterocycles. The quantitative estimate of drug-likeness (QED) is 0.416. The first-order chi connectivity index (χ1) is 19.1. The van der Waals surface area contributed by atoms with E-state index in [-0.39, 0.29) is 35.3 Å². The Bertz CT molecular complexity index is 1470. The minimum Gasteiger partial charge on any atom is -0.478 e. The number of hydrogen-bond donors (Lipinski definition) is 1. The molecule has 0 amide bonds. The van der Waals surface area contributed by atoms with E-state index in [1.54, 1.807) is 24.3 Å². The summed E-state index contributed by atoms with van der Waals surface area (Å²) in [5, 5.41) is 3.48. The summed E-state index contributed by atoms with van der Waals surface area (Å²) in [6, 6.07) is 8.88. The topological polar surface area (TPSA) is 80.2 Å². The van der Waals surface area contributed by atoms with Crippen molar-refractivity contribution in [2.45, 2.75) is 59.4 Å². The smallest absolute Gasteiger partial charge is 0.196 e. The Morgan fingerprint density at radius 2 is 1.68 bits per heavy atom. The van der Waals surface area contributed by atoms with E-state index in [2.05, 4.69) is 57.0 Å². The maximum absolute atomic E-state index is 13.9. The molecule has 40 heavy (non-hydrogen) atoms. The summed E-state index contributed by atoms with van der Waals surface area (Å²) >= 11 is 0. The number of rotatable bonds is 5. The molecule has 4 aliphatic rings. The van der Waals surface area contributed by atoms with Crippen LogP contribution in [0.5, 0.6) is 5.75 Å². The molecule has 7 heteroatoms. The predicted molar refractivity (Wildman–Crippen MR) is 157 cm³/mol. The minimum atomic E-state index is -0.343. The number of aliphatic imine (C=N–C) groups is 1. The van der Waals surface area contributed by atoms with Crippen molar-refractivity contribution in [1.82, 2.24) is 4.90 Å². The third-order valence-corrected chi connectivity index (χ3v) is 8.01. The number of ether oxygens (including phenoxy) is 2. The Hall–Kier alpha value is -3.55. The number of nitrogens with one attached hydrogen (secondary N) is 1. The van der Waals surface area contributed by atoms with E-state index in [0.29, 0.717) is 45.9 Å². The summed E-state index contributed by atoms with van der Waals surface area (Å²) < 4.78 is 12.3. The van der Waals surface area contributed by atoms with Gasteiger partial charge in [0.15, 0.2) is 17.7 Å². The number of carbonyl (C=O) groups excluding carboxylic acids is 2. The molecule has 2 aromatic rings. The third kappa shape index (κ3) is 4.82. The van der Waals surface area contributed by atoms with Crippen LogP contribution in [-0.2, 0) is 4.74 Å². The van der Waals surface area contributed by atoms with Gasteiger partial charge in [-0.05, 0) is 43.4 Å².